The van der Waals surface area contributed by atoms with Crippen molar-refractivity contribution in [2.24, 2.45) is 0 Å². The van der Waals surface area contributed by atoms with Crippen molar-refractivity contribution < 1.29 is 9.47 Å². The van der Waals surface area contributed by atoms with Gasteiger partial charge in [-0.1, -0.05) is 29.8 Å². The molecule has 4 heteroatoms. The van der Waals surface area contributed by atoms with Gasteiger partial charge in [0.05, 0.1) is 0 Å². The Morgan fingerprint density at radius 3 is 2.90 bits per heavy atom. The highest BCUT2D eigenvalue weighted by molar-refractivity contribution is 6.30. The molecule has 3 rings (SSSR count). The number of hydrogen-bond donors (Lipinski definition) is 1. The highest BCUT2D eigenvalue weighted by atomic mass is 35.5. The largest absolute Gasteiger partial charge is 0.492 e. The maximum atomic E-state index is 5.99. The van der Waals surface area contributed by atoms with Crippen molar-refractivity contribution in [3.05, 3.63) is 59.1 Å². The first kappa shape index (κ1) is 14.2. The molecule has 1 unspecified atom stereocenters. The summed E-state index contributed by atoms with van der Waals surface area (Å²) in [4.78, 5) is 0. The number of ether oxygens (including phenoxy) is 2. The fourth-order valence-electron chi connectivity index (χ4n) is 2.42. The molecule has 1 N–H and O–H groups in total. The molecule has 0 bridgehead atoms. The molecule has 2 aromatic carbocycles. The van der Waals surface area contributed by atoms with Gasteiger partial charge in [-0.05, 0) is 35.9 Å². The summed E-state index contributed by atoms with van der Waals surface area (Å²) in [6.07, 6.45) is 1.08. The third-order valence-corrected chi connectivity index (χ3v) is 3.66. The summed E-state index contributed by atoms with van der Waals surface area (Å²) in [5.41, 5.74) is 1.19. The predicted molar refractivity (Wildman–Crippen MR) is 84.4 cm³/mol. The van der Waals surface area contributed by atoms with Gasteiger partial charge in [0.2, 0.25) is 0 Å². The van der Waals surface area contributed by atoms with E-state index in [1.54, 1.807) is 0 Å². The van der Waals surface area contributed by atoms with E-state index in [4.69, 9.17) is 21.1 Å². The van der Waals surface area contributed by atoms with Gasteiger partial charge >= 0.3 is 0 Å². The summed E-state index contributed by atoms with van der Waals surface area (Å²) in [7, 11) is 0. The van der Waals surface area contributed by atoms with Gasteiger partial charge < -0.3 is 14.8 Å². The fourth-order valence-corrected chi connectivity index (χ4v) is 2.62. The molecule has 1 aliphatic heterocycles. The van der Waals surface area contributed by atoms with Crippen LogP contribution in [-0.4, -0.2) is 25.8 Å². The number of benzene rings is 2. The molecule has 0 radical (unpaired) electrons. The van der Waals surface area contributed by atoms with E-state index in [1.807, 2.05) is 48.5 Å². The fraction of sp³-hybridized carbons (Fsp3) is 0.294. The highest BCUT2D eigenvalue weighted by Crippen LogP contribution is 2.30. The average molecular weight is 304 g/mol. The lowest BCUT2D eigenvalue weighted by Crippen LogP contribution is -2.32. The molecular weight excluding hydrogens is 286 g/mol. The molecule has 2 aromatic rings. The van der Waals surface area contributed by atoms with Crippen molar-refractivity contribution in [2.75, 3.05) is 19.7 Å². The van der Waals surface area contributed by atoms with Crippen LogP contribution in [0.25, 0.3) is 0 Å². The van der Waals surface area contributed by atoms with E-state index in [2.05, 4.69) is 5.32 Å². The second-order valence-corrected chi connectivity index (χ2v) is 5.50. The second-order valence-electron chi connectivity index (χ2n) is 5.06. The molecular formula is C17H18ClNO2. The van der Waals surface area contributed by atoms with E-state index in [0.717, 1.165) is 36.0 Å². The van der Waals surface area contributed by atoms with Crippen LogP contribution >= 0.6 is 11.6 Å². The molecule has 0 amide bonds. The number of hydrogen-bond acceptors (Lipinski definition) is 3. The normalized spacial score (nSPS) is 16.3. The van der Waals surface area contributed by atoms with E-state index in [1.165, 1.54) is 5.56 Å². The molecule has 110 valence electrons. The molecule has 0 aliphatic carbocycles. The van der Waals surface area contributed by atoms with Crippen LogP contribution in [0.5, 0.6) is 11.5 Å². The van der Waals surface area contributed by atoms with E-state index in [0.29, 0.717) is 6.61 Å². The van der Waals surface area contributed by atoms with E-state index in [-0.39, 0.29) is 6.10 Å². The lowest BCUT2D eigenvalue weighted by molar-refractivity contribution is 0.222. The van der Waals surface area contributed by atoms with Crippen LogP contribution < -0.4 is 14.8 Å². The van der Waals surface area contributed by atoms with Crippen molar-refractivity contribution in [3.63, 3.8) is 0 Å². The lowest BCUT2D eigenvalue weighted by Gasteiger charge is -2.12. The Hall–Kier alpha value is -1.71. The molecule has 0 spiro atoms. The van der Waals surface area contributed by atoms with E-state index < -0.39 is 0 Å². The molecule has 0 saturated heterocycles. The van der Waals surface area contributed by atoms with Gasteiger partial charge in [0, 0.05) is 24.5 Å². The van der Waals surface area contributed by atoms with Crippen LogP contribution in [0.3, 0.4) is 0 Å². The number of para-hydroxylation sites is 1. The van der Waals surface area contributed by atoms with Gasteiger partial charge in [-0.2, -0.15) is 0 Å². The Balaban J connectivity index is 1.36. The maximum Gasteiger partial charge on any atom is 0.123 e. The summed E-state index contributed by atoms with van der Waals surface area (Å²) in [6.45, 7) is 2.26. The highest BCUT2D eigenvalue weighted by Gasteiger charge is 2.22. The number of fused-ring (bicyclic) bond motifs is 1. The van der Waals surface area contributed by atoms with Gasteiger partial charge in [-0.15, -0.1) is 0 Å². The Morgan fingerprint density at radius 1 is 1.19 bits per heavy atom. The van der Waals surface area contributed by atoms with Crippen LogP contribution in [0.15, 0.2) is 48.5 Å². The third-order valence-electron chi connectivity index (χ3n) is 3.43. The third kappa shape index (κ3) is 3.90. The summed E-state index contributed by atoms with van der Waals surface area (Å²) >= 11 is 5.99. The second kappa shape index (κ2) is 6.83. The van der Waals surface area contributed by atoms with Gasteiger partial charge in [-0.25, -0.2) is 0 Å². The van der Waals surface area contributed by atoms with Crippen LogP contribution in [0, 0.1) is 0 Å². The molecule has 1 aliphatic rings. The summed E-state index contributed by atoms with van der Waals surface area (Å²) in [5.74, 6) is 1.85. The number of halogens is 1. The van der Waals surface area contributed by atoms with Crippen LogP contribution in [-0.2, 0) is 6.42 Å². The number of rotatable bonds is 6. The molecule has 0 aromatic heterocycles. The Morgan fingerprint density at radius 2 is 2.05 bits per heavy atom. The Bertz CT molecular complexity index is 589. The molecule has 0 fully saturated rings. The Kier molecular flexibility index (Phi) is 4.63. The van der Waals surface area contributed by atoms with Gasteiger partial charge in [0.1, 0.15) is 24.2 Å². The molecule has 3 nitrogen and oxygen atoms in total. The molecule has 1 atom stereocenters. The maximum absolute atomic E-state index is 5.99. The summed E-state index contributed by atoms with van der Waals surface area (Å²) in [5, 5.41) is 4.13. The molecule has 21 heavy (non-hydrogen) atoms. The van der Waals surface area contributed by atoms with Crippen molar-refractivity contribution >= 4 is 11.6 Å². The minimum atomic E-state index is 0.176. The van der Waals surface area contributed by atoms with Crippen LogP contribution in [0.4, 0.5) is 0 Å². The van der Waals surface area contributed by atoms with Gasteiger partial charge in [0.15, 0.2) is 0 Å². The lowest BCUT2D eigenvalue weighted by atomic mass is 10.1. The van der Waals surface area contributed by atoms with Gasteiger partial charge in [-0.3, -0.25) is 0 Å². The van der Waals surface area contributed by atoms with Crippen molar-refractivity contribution in [3.8, 4) is 11.5 Å². The average Bonchev–Trinajstić information content (AvgIpc) is 2.90. The first-order valence-electron chi connectivity index (χ1n) is 7.15. The predicted octanol–water partition coefficient (Wildman–Crippen LogP) is 3.31. The monoisotopic (exact) mass is 303 g/mol. The van der Waals surface area contributed by atoms with Crippen molar-refractivity contribution in [1.82, 2.24) is 5.32 Å². The molecule has 1 heterocycles. The summed E-state index contributed by atoms with van der Waals surface area (Å²) in [6, 6.07) is 15.6. The zero-order valence-electron chi connectivity index (χ0n) is 11.7. The van der Waals surface area contributed by atoms with Crippen LogP contribution in [0.1, 0.15) is 5.56 Å². The first-order chi connectivity index (χ1) is 10.3. The Labute approximate surface area is 129 Å². The van der Waals surface area contributed by atoms with Crippen LogP contribution in [0.2, 0.25) is 5.02 Å². The van der Waals surface area contributed by atoms with Crippen molar-refractivity contribution in [2.45, 2.75) is 12.5 Å². The SMILES string of the molecule is Clc1ccc2c(c1)CC(CNCCOc1ccccc1)O2. The first-order valence-corrected chi connectivity index (χ1v) is 7.53. The zero-order valence-corrected chi connectivity index (χ0v) is 12.5. The van der Waals surface area contributed by atoms with E-state index in [9.17, 15) is 0 Å². The smallest absolute Gasteiger partial charge is 0.123 e. The quantitative estimate of drug-likeness (QED) is 0.831. The minimum Gasteiger partial charge on any atom is -0.492 e. The van der Waals surface area contributed by atoms with E-state index >= 15 is 0 Å². The number of nitrogens with one attached hydrogen (secondary N) is 1. The standard InChI is InChI=1S/C17H18ClNO2/c18-14-6-7-17-13(10-14)11-16(21-17)12-19-8-9-20-15-4-2-1-3-5-15/h1-7,10,16,19H,8-9,11-12H2. The molecule has 0 saturated carbocycles. The van der Waals surface area contributed by atoms with Gasteiger partial charge in [0.25, 0.3) is 0 Å². The minimum absolute atomic E-state index is 0.176. The topological polar surface area (TPSA) is 30.5 Å². The summed E-state index contributed by atoms with van der Waals surface area (Å²) < 4.78 is 11.5. The zero-order chi connectivity index (χ0) is 14.5. The van der Waals surface area contributed by atoms with Crippen molar-refractivity contribution in [1.29, 1.82) is 0 Å².